The van der Waals surface area contributed by atoms with Crippen LogP contribution in [-0.4, -0.2) is 68.8 Å². The Kier molecular flexibility index (Phi) is 7.67. The normalized spacial score (nSPS) is 18.8. The van der Waals surface area contributed by atoms with E-state index in [0.717, 1.165) is 17.1 Å². The van der Waals surface area contributed by atoms with E-state index < -0.39 is 5.60 Å². The molecule has 1 atom stereocenters. The molecule has 186 valence electrons. The van der Waals surface area contributed by atoms with Gasteiger partial charge in [0, 0.05) is 52.5 Å². The third-order valence-corrected chi connectivity index (χ3v) is 6.07. The van der Waals surface area contributed by atoms with Crippen LogP contribution < -0.4 is 9.47 Å². The van der Waals surface area contributed by atoms with Crippen LogP contribution in [0, 0.1) is 5.82 Å². The predicted octanol–water partition coefficient (Wildman–Crippen LogP) is 2.61. The van der Waals surface area contributed by atoms with Crippen LogP contribution in [0.25, 0.3) is 0 Å². The highest BCUT2D eigenvalue weighted by Crippen LogP contribution is 2.21. The topological polar surface area (TPSA) is 80.1 Å². The monoisotopic (exact) mass is 482 g/mol. The van der Waals surface area contributed by atoms with Gasteiger partial charge in [0.2, 0.25) is 5.91 Å². The SMILES string of the molecule is CC(=O)N1CCN(Cc2ccc(OCc3nccn3C)cc2)C[C@](O)(COc2ccc(F)cc2)C1. The molecule has 1 N–H and O–H groups in total. The Morgan fingerprint density at radius 1 is 1.06 bits per heavy atom. The van der Waals surface area contributed by atoms with Gasteiger partial charge in [-0.3, -0.25) is 9.69 Å². The summed E-state index contributed by atoms with van der Waals surface area (Å²) < 4.78 is 26.7. The quantitative estimate of drug-likeness (QED) is 0.532. The van der Waals surface area contributed by atoms with Crippen molar-refractivity contribution in [3.05, 3.63) is 78.1 Å². The molecular weight excluding hydrogens is 451 g/mol. The molecule has 0 unspecified atom stereocenters. The highest BCUT2D eigenvalue weighted by atomic mass is 19.1. The third kappa shape index (κ3) is 6.80. The van der Waals surface area contributed by atoms with Gasteiger partial charge in [-0.1, -0.05) is 12.1 Å². The number of aromatic nitrogens is 2. The van der Waals surface area contributed by atoms with Crippen LogP contribution in [0.3, 0.4) is 0 Å². The molecule has 0 aliphatic carbocycles. The highest BCUT2D eigenvalue weighted by Gasteiger charge is 2.36. The Morgan fingerprint density at radius 2 is 1.74 bits per heavy atom. The Bertz CT molecular complexity index is 1120. The number of imidazole rings is 1. The number of aliphatic hydroxyl groups is 1. The number of hydrogen-bond donors (Lipinski definition) is 1. The lowest BCUT2D eigenvalue weighted by atomic mass is 10.0. The standard InChI is InChI=1S/C26H31FN4O4/c1-20(32)31-14-13-30(17-26(33,18-31)19-35-24-9-5-22(27)6-10-24)15-21-3-7-23(8-4-21)34-16-25-28-11-12-29(25)2/h3-12,33H,13-19H2,1-2H3/t26-/m1/s1. The van der Waals surface area contributed by atoms with Crippen molar-refractivity contribution in [1.82, 2.24) is 19.4 Å². The molecule has 2 heterocycles. The molecule has 0 saturated carbocycles. The number of carbonyl (C=O) groups is 1. The van der Waals surface area contributed by atoms with Gasteiger partial charge >= 0.3 is 0 Å². The van der Waals surface area contributed by atoms with E-state index >= 15 is 0 Å². The van der Waals surface area contributed by atoms with E-state index in [-0.39, 0.29) is 24.9 Å². The number of rotatable bonds is 8. The first-order valence-electron chi connectivity index (χ1n) is 11.6. The van der Waals surface area contributed by atoms with E-state index in [1.165, 1.54) is 31.2 Å². The van der Waals surface area contributed by atoms with Crippen LogP contribution in [0.15, 0.2) is 60.9 Å². The third-order valence-electron chi connectivity index (χ3n) is 6.07. The minimum Gasteiger partial charge on any atom is -0.490 e. The minimum absolute atomic E-state index is 0.0150. The van der Waals surface area contributed by atoms with Crippen molar-refractivity contribution in [3.8, 4) is 11.5 Å². The van der Waals surface area contributed by atoms with Crippen LogP contribution >= 0.6 is 0 Å². The van der Waals surface area contributed by atoms with Crippen LogP contribution in [0.4, 0.5) is 4.39 Å². The molecule has 0 radical (unpaired) electrons. The number of amides is 1. The molecule has 0 spiro atoms. The van der Waals surface area contributed by atoms with Crippen molar-refractivity contribution in [2.24, 2.45) is 7.05 Å². The van der Waals surface area contributed by atoms with Crippen LogP contribution in [0.1, 0.15) is 18.3 Å². The molecule has 35 heavy (non-hydrogen) atoms. The molecule has 4 rings (SSSR count). The van der Waals surface area contributed by atoms with Crippen molar-refractivity contribution in [2.45, 2.75) is 25.7 Å². The number of hydrogen-bond acceptors (Lipinski definition) is 6. The molecule has 2 aromatic carbocycles. The van der Waals surface area contributed by atoms with Gasteiger partial charge in [-0.15, -0.1) is 0 Å². The Labute approximate surface area is 204 Å². The highest BCUT2D eigenvalue weighted by molar-refractivity contribution is 5.73. The predicted molar refractivity (Wildman–Crippen MR) is 128 cm³/mol. The Hall–Kier alpha value is -3.43. The number of halogens is 1. The van der Waals surface area contributed by atoms with Crippen molar-refractivity contribution < 1.29 is 23.8 Å². The van der Waals surface area contributed by atoms with Gasteiger partial charge < -0.3 is 24.0 Å². The fourth-order valence-corrected chi connectivity index (χ4v) is 4.12. The molecule has 1 fully saturated rings. The van der Waals surface area contributed by atoms with E-state index in [0.29, 0.717) is 38.5 Å². The first-order chi connectivity index (χ1) is 16.8. The van der Waals surface area contributed by atoms with E-state index in [1.54, 1.807) is 11.1 Å². The van der Waals surface area contributed by atoms with Gasteiger partial charge in [0.25, 0.3) is 0 Å². The molecule has 1 aliphatic heterocycles. The molecule has 8 nitrogen and oxygen atoms in total. The second kappa shape index (κ2) is 10.9. The summed E-state index contributed by atoms with van der Waals surface area (Å²) in [5.41, 5.74) is -0.214. The number of aryl methyl sites for hydroxylation is 1. The Balaban J connectivity index is 1.39. The zero-order valence-electron chi connectivity index (χ0n) is 20.1. The average Bonchev–Trinajstić information content (AvgIpc) is 3.17. The van der Waals surface area contributed by atoms with Crippen LogP contribution in [0.5, 0.6) is 11.5 Å². The molecule has 9 heteroatoms. The summed E-state index contributed by atoms with van der Waals surface area (Å²) in [6.07, 6.45) is 3.62. The average molecular weight is 483 g/mol. The molecular formula is C26H31FN4O4. The number of nitrogens with zero attached hydrogens (tertiary/aromatic N) is 4. The summed E-state index contributed by atoms with van der Waals surface area (Å²) in [6, 6.07) is 13.5. The Morgan fingerprint density at radius 3 is 2.40 bits per heavy atom. The van der Waals surface area contributed by atoms with Crippen molar-refractivity contribution >= 4 is 5.91 Å². The molecule has 1 aromatic heterocycles. The lowest BCUT2D eigenvalue weighted by Gasteiger charge is -2.32. The van der Waals surface area contributed by atoms with Crippen LogP contribution in [0.2, 0.25) is 0 Å². The zero-order chi connectivity index (χ0) is 24.8. The van der Waals surface area contributed by atoms with Crippen molar-refractivity contribution in [3.63, 3.8) is 0 Å². The summed E-state index contributed by atoms with van der Waals surface area (Å²) in [5, 5.41) is 11.4. The van der Waals surface area contributed by atoms with Gasteiger partial charge in [-0.2, -0.15) is 0 Å². The zero-order valence-corrected chi connectivity index (χ0v) is 20.1. The fraction of sp³-hybridized carbons (Fsp3) is 0.385. The largest absolute Gasteiger partial charge is 0.490 e. The van der Waals surface area contributed by atoms with Crippen LogP contribution in [-0.2, 0) is 25.0 Å². The lowest BCUT2D eigenvalue weighted by molar-refractivity contribution is -0.132. The van der Waals surface area contributed by atoms with E-state index in [1.807, 2.05) is 42.1 Å². The lowest BCUT2D eigenvalue weighted by Crippen LogP contribution is -2.51. The number of carbonyl (C=O) groups excluding carboxylic acids is 1. The van der Waals surface area contributed by atoms with E-state index in [2.05, 4.69) is 9.88 Å². The van der Waals surface area contributed by atoms with Crippen molar-refractivity contribution in [2.75, 3.05) is 32.8 Å². The molecule has 1 saturated heterocycles. The van der Waals surface area contributed by atoms with Gasteiger partial charge in [0.15, 0.2) is 0 Å². The number of ether oxygens (including phenoxy) is 2. The maximum atomic E-state index is 13.2. The van der Waals surface area contributed by atoms with Gasteiger partial charge in [-0.05, 0) is 42.0 Å². The number of benzene rings is 2. The molecule has 1 aliphatic rings. The summed E-state index contributed by atoms with van der Waals surface area (Å²) in [4.78, 5) is 20.1. The maximum absolute atomic E-state index is 13.2. The molecule has 1 amide bonds. The summed E-state index contributed by atoms with van der Waals surface area (Å²) in [7, 11) is 1.93. The first-order valence-corrected chi connectivity index (χ1v) is 11.6. The number of β-amino-alcohol motifs (C(OH)–C–C–N with tert-alkyl or cyclic N) is 1. The van der Waals surface area contributed by atoms with Gasteiger partial charge in [0.05, 0.1) is 6.54 Å². The van der Waals surface area contributed by atoms with E-state index in [9.17, 15) is 14.3 Å². The summed E-state index contributed by atoms with van der Waals surface area (Å²) >= 11 is 0. The smallest absolute Gasteiger partial charge is 0.219 e. The van der Waals surface area contributed by atoms with E-state index in [4.69, 9.17) is 9.47 Å². The van der Waals surface area contributed by atoms with Crippen molar-refractivity contribution in [1.29, 1.82) is 0 Å². The molecule has 0 bridgehead atoms. The molecule has 3 aromatic rings. The second-order valence-corrected chi connectivity index (χ2v) is 9.01. The van der Waals surface area contributed by atoms with Gasteiger partial charge in [-0.25, -0.2) is 9.37 Å². The first kappa shape index (κ1) is 24.7. The van der Waals surface area contributed by atoms with Gasteiger partial charge in [0.1, 0.15) is 42.0 Å². The summed E-state index contributed by atoms with van der Waals surface area (Å²) in [6.45, 7) is 4.10. The summed E-state index contributed by atoms with van der Waals surface area (Å²) in [5.74, 6) is 1.61. The minimum atomic E-state index is -1.28. The fourth-order valence-electron chi connectivity index (χ4n) is 4.12. The maximum Gasteiger partial charge on any atom is 0.219 e. The second-order valence-electron chi connectivity index (χ2n) is 9.01.